The fourth-order valence-corrected chi connectivity index (χ4v) is 5.99. The average molecular weight is 451 g/mol. The summed E-state index contributed by atoms with van der Waals surface area (Å²) in [6, 6.07) is 9.78. The van der Waals surface area contributed by atoms with Gasteiger partial charge in [0.2, 0.25) is 5.91 Å². The molecule has 33 heavy (non-hydrogen) atoms. The maximum Gasteiger partial charge on any atom is 0.254 e. The van der Waals surface area contributed by atoms with E-state index in [0.717, 1.165) is 44.0 Å². The van der Waals surface area contributed by atoms with Crippen LogP contribution in [0.5, 0.6) is 0 Å². The first kappa shape index (κ1) is 22.1. The van der Waals surface area contributed by atoms with Crippen LogP contribution in [0.4, 0.5) is 0 Å². The van der Waals surface area contributed by atoms with E-state index in [4.69, 9.17) is 0 Å². The van der Waals surface area contributed by atoms with Gasteiger partial charge in [-0.3, -0.25) is 19.2 Å². The number of aromatic nitrogens is 2. The first-order valence-corrected chi connectivity index (χ1v) is 11.9. The number of amides is 2. The highest BCUT2D eigenvalue weighted by Crippen LogP contribution is 2.48. The molecule has 3 aliphatic rings. The van der Waals surface area contributed by atoms with Crippen LogP contribution in [-0.4, -0.2) is 99.1 Å². The minimum Gasteiger partial charge on any atom is -0.340 e. The first-order chi connectivity index (χ1) is 15.8. The van der Waals surface area contributed by atoms with Crippen LogP contribution in [0.15, 0.2) is 36.5 Å². The molecule has 0 bridgehead atoms. The molecule has 8 nitrogen and oxygen atoms in total. The van der Waals surface area contributed by atoms with E-state index in [9.17, 15) is 9.59 Å². The molecule has 176 valence electrons. The number of fused-ring (bicyclic) bond motifs is 1. The van der Waals surface area contributed by atoms with Crippen LogP contribution in [0, 0.1) is 0 Å². The van der Waals surface area contributed by atoms with Gasteiger partial charge >= 0.3 is 0 Å². The molecule has 8 heteroatoms. The normalized spacial score (nSPS) is 23.2. The number of likely N-dealkylation sites (N-methyl/N-ethyl adjacent to an activating group) is 1. The van der Waals surface area contributed by atoms with Gasteiger partial charge in [-0.05, 0) is 38.6 Å². The molecule has 4 heterocycles. The standard InChI is InChI=1S/C25H34N6O2/c1-18(2)31-23(32)21-8-6-5-7-20(21)22(24(33)30-13-11-27(3)12-14-30)25(31)16-29(17-25)15-19-9-10-26-28(19)4/h5-10,18,22H,11-17H2,1-4H3. The predicted octanol–water partition coefficient (Wildman–Crippen LogP) is 1.40. The molecule has 2 amide bonds. The molecule has 0 radical (unpaired) electrons. The third-order valence-corrected chi connectivity index (χ3v) is 7.62. The summed E-state index contributed by atoms with van der Waals surface area (Å²) in [6.45, 7) is 9.48. The number of rotatable bonds is 4. The fraction of sp³-hybridized carbons (Fsp3) is 0.560. The van der Waals surface area contributed by atoms with Gasteiger partial charge in [-0.1, -0.05) is 18.2 Å². The lowest BCUT2D eigenvalue weighted by molar-refractivity contribution is -0.146. The molecule has 1 aromatic heterocycles. The van der Waals surface area contributed by atoms with Crippen LogP contribution in [0.1, 0.15) is 41.4 Å². The van der Waals surface area contributed by atoms with Crippen LogP contribution in [0.3, 0.4) is 0 Å². The van der Waals surface area contributed by atoms with E-state index >= 15 is 0 Å². The van der Waals surface area contributed by atoms with Gasteiger partial charge in [0, 0.05) is 70.7 Å². The molecule has 2 fully saturated rings. The van der Waals surface area contributed by atoms with Crippen molar-refractivity contribution < 1.29 is 9.59 Å². The second-order valence-corrected chi connectivity index (χ2v) is 10.1. The smallest absolute Gasteiger partial charge is 0.254 e. The molecule has 1 atom stereocenters. The second-order valence-electron chi connectivity index (χ2n) is 10.1. The van der Waals surface area contributed by atoms with E-state index in [2.05, 4.69) is 35.8 Å². The van der Waals surface area contributed by atoms with Crippen LogP contribution in [0.25, 0.3) is 0 Å². The van der Waals surface area contributed by atoms with E-state index in [0.29, 0.717) is 18.7 Å². The number of aryl methyl sites for hydroxylation is 1. The van der Waals surface area contributed by atoms with Crippen molar-refractivity contribution in [3.05, 3.63) is 53.3 Å². The van der Waals surface area contributed by atoms with Crippen molar-refractivity contribution in [1.29, 1.82) is 0 Å². The van der Waals surface area contributed by atoms with E-state index in [1.807, 2.05) is 58.1 Å². The fourth-order valence-electron chi connectivity index (χ4n) is 5.99. The summed E-state index contributed by atoms with van der Waals surface area (Å²) in [6.07, 6.45) is 1.81. The zero-order valence-corrected chi connectivity index (χ0v) is 20.1. The SMILES string of the molecule is CC(C)N1C(=O)c2ccccc2C(C(=O)N2CCN(C)CC2)C12CN(Cc1ccnn1C)C2. The number of carbonyl (C=O) groups excluding carboxylic acids is 2. The van der Waals surface area contributed by atoms with Crippen molar-refractivity contribution in [3.8, 4) is 0 Å². The van der Waals surface area contributed by atoms with Crippen LogP contribution in [-0.2, 0) is 18.4 Å². The van der Waals surface area contributed by atoms with Gasteiger partial charge in [-0.15, -0.1) is 0 Å². The average Bonchev–Trinajstić information content (AvgIpc) is 3.17. The Labute approximate surface area is 195 Å². The lowest BCUT2D eigenvalue weighted by atomic mass is 9.67. The van der Waals surface area contributed by atoms with Gasteiger partial charge in [0.05, 0.1) is 17.2 Å². The van der Waals surface area contributed by atoms with E-state index < -0.39 is 5.54 Å². The summed E-state index contributed by atoms with van der Waals surface area (Å²) >= 11 is 0. The number of benzene rings is 1. The third-order valence-electron chi connectivity index (χ3n) is 7.62. The van der Waals surface area contributed by atoms with Crippen molar-refractivity contribution in [2.75, 3.05) is 46.3 Å². The minimum atomic E-state index is -0.529. The molecule has 1 unspecified atom stereocenters. The van der Waals surface area contributed by atoms with E-state index in [1.165, 1.54) is 0 Å². The van der Waals surface area contributed by atoms with E-state index in [-0.39, 0.29) is 23.8 Å². The predicted molar refractivity (Wildman–Crippen MR) is 126 cm³/mol. The van der Waals surface area contributed by atoms with Crippen LogP contribution in [0.2, 0.25) is 0 Å². The lowest BCUT2D eigenvalue weighted by Crippen LogP contribution is -2.77. The molecule has 0 aliphatic carbocycles. The molecule has 1 spiro atoms. The summed E-state index contributed by atoms with van der Waals surface area (Å²) in [5.41, 5.74) is 2.17. The zero-order chi connectivity index (χ0) is 23.3. The van der Waals surface area contributed by atoms with Crippen molar-refractivity contribution in [1.82, 2.24) is 29.4 Å². The Hall–Kier alpha value is -2.71. The topological polar surface area (TPSA) is 64.9 Å². The Kier molecular flexibility index (Phi) is 5.53. The third kappa shape index (κ3) is 3.56. The molecular weight excluding hydrogens is 416 g/mol. The van der Waals surface area contributed by atoms with Gasteiger partial charge in [0.1, 0.15) is 0 Å². The number of likely N-dealkylation sites (tertiary alicyclic amines) is 1. The van der Waals surface area contributed by atoms with Crippen molar-refractivity contribution in [3.63, 3.8) is 0 Å². The Balaban J connectivity index is 1.52. The summed E-state index contributed by atoms with van der Waals surface area (Å²) in [5.74, 6) is -0.142. The Bertz CT molecular complexity index is 1050. The van der Waals surface area contributed by atoms with Crippen molar-refractivity contribution in [2.45, 2.75) is 37.9 Å². The number of piperazine rings is 1. The quantitative estimate of drug-likeness (QED) is 0.705. The summed E-state index contributed by atoms with van der Waals surface area (Å²) in [4.78, 5) is 36.4. The monoisotopic (exact) mass is 450 g/mol. The molecule has 3 aliphatic heterocycles. The highest BCUT2D eigenvalue weighted by atomic mass is 16.2. The highest BCUT2D eigenvalue weighted by Gasteiger charge is 2.61. The highest BCUT2D eigenvalue weighted by molar-refractivity contribution is 6.02. The summed E-state index contributed by atoms with van der Waals surface area (Å²) in [7, 11) is 4.05. The molecular formula is C25H34N6O2. The maximum absolute atomic E-state index is 14.1. The number of hydrogen-bond acceptors (Lipinski definition) is 5. The molecule has 1 aromatic carbocycles. The molecule has 5 rings (SSSR count). The minimum absolute atomic E-state index is 0.00694. The van der Waals surface area contributed by atoms with Crippen LogP contribution >= 0.6 is 0 Å². The maximum atomic E-state index is 14.1. The van der Waals surface area contributed by atoms with E-state index in [1.54, 1.807) is 0 Å². The largest absolute Gasteiger partial charge is 0.340 e. The van der Waals surface area contributed by atoms with Gasteiger partial charge in [0.15, 0.2) is 0 Å². The van der Waals surface area contributed by atoms with Crippen LogP contribution < -0.4 is 0 Å². The first-order valence-electron chi connectivity index (χ1n) is 11.9. The Morgan fingerprint density at radius 3 is 2.42 bits per heavy atom. The second kappa shape index (κ2) is 8.25. The Morgan fingerprint density at radius 1 is 1.09 bits per heavy atom. The van der Waals surface area contributed by atoms with Crippen molar-refractivity contribution in [2.24, 2.45) is 7.05 Å². The van der Waals surface area contributed by atoms with Gasteiger partial charge in [0.25, 0.3) is 5.91 Å². The van der Waals surface area contributed by atoms with Crippen molar-refractivity contribution >= 4 is 11.8 Å². The lowest BCUT2D eigenvalue weighted by Gasteiger charge is -2.62. The number of nitrogens with zero attached hydrogens (tertiary/aromatic N) is 6. The summed E-state index contributed by atoms with van der Waals surface area (Å²) < 4.78 is 1.89. The molecule has 2 aromatic rings. The van der Waals surface area contributed by atoms with Gasteiger partial charge in [-0.2, -0.15) is 5.10 Å². The molecule has 0 N–H and O–H groups in total. The summed E-state index contributed by atoms with van der Waals surface area (Å²) in [5, 5.41) is 4.29. The number of hydrogen-bond donors (Lipinski definition) is 0. The molecule has 0 saturated carbocycles. The zero-order valence-electron chi connectivity index (χ0n) is 20.1. The molecule has 2 saturated heterocycles. The number of carbonyl (C=O) groups is 2. The Morgan fingerprint density at radius 2 is 1.79 bits per heavy atom. The van der Waals surface area contributed by atoms with Gasteiger partial charge < -0.3 is 14.7 Å². The van der Waals surface area contributed by atoms with Gasteiger partial charge in [-0.25, -0.2) is 0 Å².